The van der Waals surface area contributed by atoms with Crippen molar-refractivity contribution < 1.29 is 33.0 Å². The minimum atomic E-state index is -4.34. The zero-order valence-electron chi connectivity index (χ0n) is 13.6. The van der Waals surface area contributed by atoms with Crippen LogP contribution in [0.5, 0.6) is 0 Å². The number of fused-ring (bicyclic) bond motifs is 1. The normalized spacial score (nSPS) is 24.0. The molecule has 3 unspecified atom stereocenters. The third-order valence-corrected chi connectivity index (χ3v) is 4.20. The number of anilines is 1. The summed E-state index contributed by atoms with van der Waals surface area (Å²) in [5, 5.41) is 15.6. The zero-order chi connectivity index (χ0) is 19.5. The summed E-state index contributed by atoms with van der Waals surface area (Å²) in [6, 6.07) is 1.69. The Bertz CT molecular complexity index is 692. The van der Waals surface area contributed by atoms with Gasteiger partial charge in [0.05, 0.1) is 17.4 Å². The molecule has 10 heteroatoms. The molecule has 1 saturated carbocycles. The lowest BCUT2D eigenvalue weighted by Gasteiger charge is -2.28. The molecule has 0 radical (unpaired) electrons. The van der Waals surface area contributed by atoms with Gasteiger partial charge < -0.3 is 20.8 Å². The van der Waals surface area contributed by atoms with E-state index in [0.717, 1.165) is 19.0 Å². The number of carboxylic acid groups (broad SMARTS) is 2. The number of nitrogens with two attached hydrogens (primary N) is 1. The summed E-state index contributed by atoms with van der Waals surface area (Å²) in [7, 11) is 0. The maximum Gasteiger partial charge on any atom is 0.417 e. The van der Waals surface area contributed by atoms with Gasteiger partial charge >= 0.3 is 18.1 Å². The van der Waals surface area contributed by atoms with Gasteiger partial charge in [0.2, 0.25) is 0 Å². The lowest BCUT2D eigenvalue weighted by atomic mass is 10.1. The Labute approximate surface area is 146 Å². The smallest absolute Gasteiger partial charge is 0.417 e. The Morgan fingerprint density at radius 3 is 2.35 bits per heavy atom. The maximum absolute atomic E-state index is 12.7. The fourth-order valence-electron chi connectivity index (χ4n) is 3.04. The molecule has 1 aliphatic heterocycles. The Hall–Kier alpha value is -2.62. The number of pyridine rings is 1. The minimum Gasteiger partial charge on any atom is -0.478 e. The van der Waals surface area contributed by atoms with Crippen LogP contribution in [0.25, 0.3) is 0 Å². The highest BCUT2D eigenvalue weighted by atomic mass is 19.4. The van der Waals surface area contributed by atoms with Crippen molar-refractivity contribution in [3.05, 3.63) is 36.2 Å². The molecular formula is C16H18F3N3O4. The molecule has 0 amide bonds. The van der Waals surface area contributed by atoms with Crippen molar-refractivity contribution in [2.24, 2.45) is 11.7 Å². The van der Waals surface area contributed by atoms with Crippen molar-refractivity contribution in [3.63, 3.8) is 0 Å². The van der Waals surface area contributed by atoms with Gasteiger partial charge in [-0.25, -0.2) is 9.59 Å². The lowest BCUT2D eigenvalue weighted by Crippen LogP contribution is -2.38. The predicted octanol–water partition coefficient (Wildman–Crippen LogP) is 1.74. The molecule has 1 aliphatic carbocycles. The number of hydrogen-bond acceptors (Lipinski definition) is 5. The average molecular weight is 373 g/mol. The second-order valence-electron chi connectivity index (χ2n) is 6.04. The SMILES string of the molecule is NCC1CC2CC2N1c1cncc(C(F)(F)F)c1.O=C(O)/C=C/C(=O)O. The van der Waals surface area contributed by atoms with E-state index >= 15 is 0 Å². The second kappa shape index (κ2) is 7.73. The first-order valence-electron chi connectivity index (χ1n) is 7.78. The van der Waals surface area contributed by atoms with E-state index in [1.165, 1.54) is 12.3 Å². The topological polar surface area (TPSA) is 117 Å². The van der Waals surface area contributed by atoms with Gasteiger partial charge in [0.1, 0.15) is 0 Å². The summed E-state index contributed by atoms with van der Waals surface area (Å²) in [5.74, 6) is -1.91. The summed E-state index contributed by atoms with van der Waals surface area (Å²) in [6.45, 7) is 0.475. The number of nitrogens with zero attached hydrogens (tertiary/aromatic N) is 2. The quantitative estimate of drug-likeness (QED) is 0.688. The molecule has 4 N–H and O–H groups in total. The van der Waals surface area contributed by atoms with Crippen LogP contribution >= 0.6 is 0 Å². The number of halogens is 3. The van der Waals surface area contributed by atoms with E-state index in [1.807, 2.05) is 4.90 Å². The molecule has 3 atom stereocenters. The van der Waals surface area contributed by atoms with Crippen LogP contribution in [0.15, 0.2) is 30.6 Å². The molecule has 0 spiro atoms. The second-order valence-corrected chi connectivity index (χ2v) is 6.04. The zero-order valence-corrected chi connectivity index (χ0v) is 13.6. The van der Waals surface area contributed by atoms with Crippen molar-refractivity contribution in [1.29, 1.82) is 0 Å². The molecular weight excluding hydrogens is 355 g/mol. The van der Waals surface area contributed by atoms with Gasteiger partial charge in [0, 0.05) is 37.0 Å². The minimum absolute atomic E-state index is 0.152. The standard InChI is InChI=1S/C12H14F3N3.C4H4O4/c13-12(14,15)8-3-10(6-17-5-8)18-9(4-16)1-7-2-11(7)18;5-3(6)1-2-4(7)8/h3,5-7,9,11H,1-2,4,16H2;1-2H,(H,5,6)(H,7,8)/b;2-1+. The summed E-state index contributed by atoms with van der Waals surface area (Å²) < 4.78 is 38.0. The van der Waals surface area contributed by atoms with Crippen molar-refractivity contribution in [3.8, 4) is 0 Å². The molecule has 2 aliphatic rings. The molecule has 0 bridgehead atoms. The molecule has 1 aromatic heterocycles. The molecule has 2 heterocycles. The van der Waals surface area contributed by atoms with Crippen LogP contribution < -0.4 is 10.6 Å². The number of carboxylic acids is 2. The molecule has 26 heavy (non-hydrogen) atoms. The molecule has 7 nitrogen and oxygen atoms in total. The Morgan fingerprint density at radius 2 is 1.85 bits per heavy atom. The van der Waals surface area contributed by atoms with Crippen molar-refractivity contribution in [2.75, 3.05) is 11.4 Å². The van der Waals surface area contributed by atoms with E-state index in [1.54, 1.807) is 0 Å². The van der Waals surface area contributed by atoms with Gasteiger partial charge in [-0.2, -0.15) is 13.2 Å². The van der Waals surface area contributed by atoms with Gasteiger partial charge in [0.15, 0.2) is 0 Å². The Balaban J connectivity index is 0.000000260. The van der Waals surface area contributed by atoms with Gasteiger partial charge in [-0.15, -0.1) is 0 Å². The van der Waals surface area contributed by atoms with Crippen LogP contribution in [0.1, 0.15) is 18.4 Å². The number of rotatable bonds is 4. The first-order chi connectivity index (χ1) is 12.1. The van der Waals surface area contributed by atoms with Gasteiger partial charge in [-0.1, -0.05) is 0 Å². The van der Waals surface area contributed by atoms with E-state index in [-0.39, 0.29) is 6.04 Å². The maximum atomic E-state index is 12.7. The third kappa shape index (κ3) is 4.94. The molecule has 0 aromatic carbocycles. The summed E-state index contributed by atoms with van der Waals surface area (Å²) in [5.41, 5.74) is 5.54. The third-order valence-electron chi connectivity index (χ3n) is 4.20. The highest BCUT2D eigenvalue weighted by Gasteiger charge is 2.51. The first-order valence-corrected chi connectivity index (χ1v) is 7.78. The van der Waals surface area contributed by atoms with Gasteiger partial charge in [0.25, 0.3) is 0 Å². The number of hydrogen-bond donors (Lipinski definition) is 3. The summed E-state index contributed by atoms with van der Waals surface area (Å²) >= 11 is 0. The Morgan fingerprint density at radius 1 is 1.23 bits per heavy atom. The highest BCUT2D eigenvalue weighted by molar-refractivity contribution is 5.89. The predicted molar refractivity (Wildman–Crippen MR) is 85.5 cm³/mol. The monoisotopic (exact) mass is 373 g/mol. The lowest BCUT2D eigenvalue weighted by molar-refractivity contribution is -0.138. The van der Waals surface area contributed by atoms with E-state index in [2.05, 4.69) is 4.98 Å². The number of alkyl halides is 3. The number of carbonyl (C=O) groups is 2. The molecule has 3 rings (SSSR count). The van der Waals surface area contributed by atoms with Crippen molar-refractivity contribution in [2.45, 2.75) is 31.1 Å². The average Bonchev–Trinajstić information content (AvgIpc) is 3.23. The van der Waals surface area contributed by atoms with Gasteiger partial charge in [-0.05, 0) is 24.8 Å². The number of aliphatic carboxylic acids is 2. The summed E-state index contributed by atoms with van der Waals surface area (Å²) in [6.07, 6.45) is 1.18. The van der Waals surface area contributed by atoms with Crippen LogP contribution in [-0.4, -0.2) is 45.8 Å². The van der Waals surface area contributed by atoms with Crippen LogP contribution in [0, 0.1) is 5.92 Å². The molecule has 2 fully saturated rings. The fourth-order valence-corrected chi connectivity index (χ4v) is 3.04. The largest absolute Gasteiger partial charge is 0.478 e. The Kier molecular flexibility index (Phi) is 5.86. The van der Waals surface area contributed by atoms with Crippen molar-refractivity contribution >= 4 is 17.6 Å². The van der Waals surface area contributed by atoms with Crippen molar-refractivity contribution in [1.82, 2.24) is 4.98 Å². The first kappa shape index (κ1) is 19.7. The molecule has 1 saturated heterocycles. The van der Waals surface area contributed by atoms with Crippen LogP contribution in [0.2, 0.25) is 0 Å². The van der Waals surface area contributed by atoms with E-state index in [0.29, 0.717) is 36.3 Å². The van der Waals surface area contributed by atoms with Crippen LogP contribution in [0.3, 0.4) is 0 Å². The number of aromatic nitrogens is 1. The fraction of sp³-hybridized carbons (Fsp3) is 0.438. The molecule has 1 aromatic rings. The van der Waals surface area contributed by atoms with E-state index in [9.17, 15) is 22.8 Å². The van der Waals surface area contributed by atoms with Gasteiger partial charge in [-0.3, -0.25) is 4.98 Å². The van der Waals surface area contributed by atoms with E-state index < -0.39 is 23.7 Å². The van der Waals surface area contributed by atoms with Crippen LogP contribution in [0.4, 0.5) is 18.9 Å². The molecule has 142 valence electrons. The van der Waals surface area contributed by atoms with Crippen LogP contribution in [-0.2, 0) is 15.8 Å². The summed E-state index contributed by atoms with van der Waals surface area (Å²) in [4.78, 5) is 24.8. The highest BCUT2D eigenvalue weighted by Crippen LogP contribution is 2.49. The number of piperidine rings is 1. The van der Waals surface area contributed by atoms with E-state index in [4.69, 9.17) is 15.9 Å².